The van der Waals surface area contributed by atoms with Crippen molar-refractivity contribution >= 4 is 29.0 Å². The molecule has 0 radical (unpaired) electrons. The maximum atomic E-state index is 12.0. The van der Waals surface area contributed by atoms with Gasteiger partial charge in [0.15, 0.2) is 0 Å². The minimum Gasteiger partial charge on any atom is -0.399 e. The second-order valence-corrected chi connectivity index (χ2v) is 6.52. The zero-order valence-corrected chi connectivity index (χ0v) is 13.0. The average molecular weight is 293 g/mol. The third kappa shape index (κ3) is 4.15. The van der Waals surface area contributed by atoms with Crippen LogP contribution in [0.25, 0.3) is 0 Å². The first-order valence-corrected chi connectivity index (χ1v) is 8.15. The maximum Gasteiger partial charge on any atom is 0.225 e. The highest BCUT2D eigenvalue weighted by molar-refractivity contribution is 7.99. The van der Waals surface area contributed by atoms with E-state index < -0.39 is 0 Å². The Morgan fingerprint density at radius 2 is 2.35 bits per heavy atom. The first kappa shape index (κ1) is 15.2. The molecule has 0 bridgehead atoms. The van der Waals surface area contributed by atoms with Gasteiger partial charge in [-0.1, -0.05) is 6.07 Å². The lowest BCUT2D eigenvalue weighted by Crippen LogP contribution is -2.34. The predicted octanol–water partition coefficient (Wildman–Crippen LogP) is 2.34. The van der Waals surface area contributed by atoms with Gasteiger partial charge in [0, 0.05) is 36.1 Å². The molecule has 1 aromatic rings. The van der Waals surface area contributed by atoms with E-state index in [0.717, 1.165) is 17.8 Å². The van der Waals surface area contributed by atoms with Crippen LogP contribution in [0.15, 0.2) is 18.2 Å². The van der Waals surface area contributed by atoms with Crippen molar-refractivity contribution in [1.82, 2.24) is 4.90 Å². The van der Waals surface area contributed by atoms with E-state index in [1.54, 1.807) is 0 Å². The summed E-state index contributed by atoms with van der Waals surface area (Å²) in [7, 11) is 2.11. The van der Waals surface area contributed by atoms with E-state index >= 15 is 0 Å². The summed E-state index contributed by atoms with van der Waals surface area (Å²) >= 11 is 1.99. The summed E-state index contributed by atoms with van der Waals surface area (Å²) in [5, 5.41) is 2.95. The van der Waals surface area contributed by atoms with E-state index in [1.807, 2.05) is 36.9 Å². The number of nitrogens with one attached hydrogen (secondary N) is 1. The first-order chi connectivity index (χ1) is 9.56. The summed E-state index contributed by atoms with van der Waals surface area (Å²) in [6.07, 6.45) is 1.75. The van der Waals surface area contributed by atoms with Gasteiger partial charge in [-0.05, 0) is 43.8 Å². The topological polar surface area (TPSA) is 58.4 Å². The van der Waals surface area contributed by atoms with E-state index in [9.17, 15) is 4.79 Å². The highest BCUT2D eigenvalue weighted by Crippen LogP contribution is 2.21. The number of rotatable bonds is 5. The molecule has 20 heavy (non-hydrogen) atoms. The lowest BCUT2D eigenvalue weighted by molar-refractivity contribution is -0.116. The van der Waals surface area contributed by atoms with E-state index in [0.29, 0.717) is 18.2 Å². The van der Waals surface area contributed by atoms with Crippen LogP contribution in [0.3, 0.4) is 0 Å². The normalized spacial score (nSPS) is 18.4. The van der Waals surface area contributed by atoms with Crippen LogP contribution in [0, 0.1) is 6.92 Å². The van der Waals surface area contributed by atoms with Gasteiger partial charge >= 0.3 is 0 Å². The molecular weight excluding hydrogens is 270 g/mol. The van der Waals surface area contributed by atoms with Gasteiger partial charge in [-0.15, -0.1) is 0 Å². The van der Waals surface area contributed by atoms with Crippen molar-refractivity contribution in [2.24, 2.45) is 0 Å². The highest BCUT2D eigenvalue weighted by Gasteiger charge is 2.20. The number of aryl methyl sites for hydroxylation is 1. The SMILES string of the molecule is Cc1ccc(N)cc1NC(=O)CCN(C)C1CCSC1. The van der Waals surface area contributed by atoms with Crippen LogP contribution in [0.5, 0.6) is 0 Å². The van der Waals surface area contributed by atoms with Crippen LogP contribution in [-0.4, -0.2) is 41.9 Å². The summed E-state index contributed by atoms with van der Waals surface area (Å²) in [6, 6.07) is 6.20. The number of amides is 1. The van der Waals surface area contributed by atoms with E-state index in [4.69, 9.17) is 5.73 Å². The second-order valence-electron chi connectivity index (χ2n) is 5.37. The third-order valence-corrected chi connectivity index (χ3v) is 4.90. The Bertz CT molecular complexity index is 472. The zero-order chi connectivity index (χ0) is 14.5. The molecule has 1 aromatic carbocycles. The molecule has 1 atom stereocenters. The van der Waals surface area contributed by atoms with Crippen molar-refractivity contribution < 1.29 is 4.79 Å². The van der Waals surface area contributed by atoms with Crippen LogP contribution in [0.2, 0.25) is 0 Å². The molecule has 0 saturated carbocycles. The largest absolute Gasteiger partial charge is 0.399 e. The molecule has 1 aliphatic rings. The number of nitrogens with zero attached hydrogens (tertiary/aromatic N) is 1. The van der Waals surface area contributed by atoms with Gasteiger partial charge in [0.25, 0.3) is 0 Å². The van der Waals surface area contributed by atoms with Gasteiger partial charge in [0.2, 0.25) is 5.91 Å². The van der Waals surface area contributed by atoms with Crippen molar-refractivity contribution in [2.45, 2.75) is 25.8 Å². The number of anilines is 2. The Labute approximate surface area is 125 Å². The van der Waals surface area contributed by atoms with Crippen molar-refractivity contribution in [2.75, 3.05) is 36.1 Å². The molecular formula is C15H23N3OS. The minimum atomic E-state index is 0.0520. The summed E-state index contributed by atoms with van der Waals surface area (Å²) < 4.78 is 0. The van der Waals surface area contributed by atoms with Crippen LogP contribution >= 0.6 is 11.8 Å². The molecule has 1 aliphatic heterocycles. The molecule has 1 fully saturated rings. The Hall–Kier alpha value is -1.20. The van der Waals surface area contributed by atoms with Gasteiger partial charge in [0.05, 0.1) is 0 Å². The van der Waals surface area contributed by atoms with Crippen LogP contribution in [-0.2, 0) is 4.79 Å². The predicted molar refractivity (Wildman–Crippen MR) is 87.2 cm³/mol. The van der Waals surface area contributed by atoms with Gasteiger partial charge in [-0.3, -0.25) is 4.79 Å². The Balaban J connectivity index is 1.81. The fraction of sp³-hybridized carbons (Fsp3) is 0.533. The standard InChI is InChI=1S/C15H23N3OS/c1-11-3-4-12(16)9-14(11)17-15(19)5-7-18(2)13-6-8-20-10-13/h3-4,9,13H,5-8,10,16H2,1-2H3,(H,17,19). The Morgan fingerprint density at radius 3 is 3.05 bits per heavy atom. The van der Waals surface area contributed by atoms with Gasteiger partial charge in [-0.2, -0.15) is 11.8 Å². The number of carbonyl (C=O) groups is 1. The molecule has 2 rings (SSSR count). The zero-order valence-electron chi connectivity index (χ0n) is 12.2. The number of hydrogen-bond donors (Lipinski definition) is 2. The molecule has 0 aliphatic carbocycles. The molecule has 1 unspecified atom stereocenters. The fourth-order valence-corrected chi connectivity index (χ4v) is 3.62. The maximum absolute atomic E-state index is 12.0. The van der Waals surface area contributed by atoms with E-state index in [2.05, 4.69) is 17.3 Å². The molecule has 110 valence electrons. The molecule has 1 saturated heterocycles. The summed E-state index contributed by atoms with van der Waals surface area (Å²) in [5.41, 5.74) is 8.27. The number of thioether (sulfide) groups is 1. The van der Waals surface area contributed by atoms with Gasteiger partial charge in [-0.25, -0.2) is 0 Å². The Kier molecular flexibility index (Phi) is 5.31. The van der Waals surface area contributed by atoms with Crippen LogP contribution < -0.4 is 11.1 Å². The number of nitrogen functional groups attached to an aromatic ring is 1. The summed E-state index contributed by atoms with van der Waals surface area (Å²) in [4.78, 5) is 14.3. The molecule has 1 amide bonds. The van der Waals surface area contributed by atoms with E-state index in [-0.39, 0.29) is 5.91 Å². The molecule has 1 heterocycles. The molecule has 4 nitrogen and oxygen atoms in total. The smallest absolute Gasteiger partial charge is 0.225 e. The summed E-state index contributed by atoms with van der Waals surface area (Å²) in [6.45, 7) is 2.77. The quantitative estimate of drug-likeness (QED) is 0.818. The number of nitrogens with two attached hydrogens (primary N) is 1. The lowest BCUT2D eigenvalue weighted by atomic mass is 10.1. The highest BCUT2D eigenvalue weighted by atomic mass is 32.2. The van der Waals surface area contributed by atoms with Crippen molar-refractivity contribution in [1.29, 1.82) is 0 Å². The third-order valence-electron chi connectivity index (χ3n) is 3.76. The minimum absolute atomic E-state index is 0.0520. The van der Waals surface area contributed by atoms with E-state index in [1.165, 1.54) is 17.9 Å². The first-order valence-electron chi connectivity index (χ1n) is 7.00. The van der Waals surface area contributed by atoms with Crippen molar-refractivity contribution in [3.8, 4) is 0 Å². The Morgan fingerprint density at radius 1 is 1.55 bits per heavy atom. The average Bonchev–Trinajstić information content (AvgIpc) is 2.94. The van der Waals surface area contributed by atoms with Crippen LogP contribution in [0.1, 0.15) is 18.4 Å². The summed E-state index contributed by atoms with van der Waals surface area (Å²) in [5.74, 6) is 2.48. The number of benzene rings is 1. The molecule has 0 spiro atoms. The number of carbonyl (C=O) groups excluding carboxylic acids is 1. The van der Waals surface area contributed by atoms with Crippen LogP contribution in [0.4, 0.5) is 11.4 Å². The number of hydrogen-bond acceptors (Lipinski definition) is 4. The lowest BCUT2D eigenvalue weighted by Gasteiger charge is -2.23. The fourth-order valence-electron chi connectivity index (χ4n) is 2.32. The molecule has 3 N–H and O–H groups in total. The molecule has 0 aromatic heterocycles. The monoisotopic (exact) mass is 293 g/mol. The van der Waals surface area contributed by atoms with Crippen molar-refractivity contribution in [3.05, 3.63) is 23.8 Å². The second kappa shape index (κ2) is 6.99. The molecule has 5 heteroatoms. The van der Waals surface area contributed by atoms with Gasteiger partial charge < -0.3 is 16.0 Å². The van der Waals surface area contributed by atoms with Crippen molar-refractivity contribution in [3.63, 3.8) is 0 Å². The van der Waals surface area contributed by atoms with Gasteiger partial charge in [0.1, 0.15) is 0 Å².